The molecule has 1 heterocycles. The number of nitrogens with zero attached hydrogens (tertiary/aromatic N) is 2. The van der Waals surface area contributed by atoms with Gasteiger partial charge in [-0.3, -0.25) is 4.79 Å². The largest absolute Gasteiger partial charge is 0.481 e. The maximum atomic E-state index is 10.7. The predicted molar refractivity (Wildman–Crippen MR) is 72.1 cm³/mol. The Kier molecular flexibility index (Phi) is 4.30. The molecular formula is C14H17N3O2. The summed E-state index contributed by atoms with van der Waals surface area (Å²) in [6.45, 7) is 2.76. The highest BCUT2D eigenvalue weighted by Gasteiger charge is 2.10. The molecule has 0 aliphatic heterocycles. The van der Waals surface area contributed by atoms with Crippen LogP contribution < -0.4 is 5.32 Å². The van der Waals surface area contributed by atoms with Crippen LogP contribution in [0.5, 0.6) is 0 Å². The van der Waals surface area contributed by atoms with E-state index in [2.05, 4.69) is 10.4 Å². The summed E-state index contributed by atoms with van der Waals surface area (Å²) in [7, 11) is 0. The van der Waals surface area contributed by atoms with Gasteiger partial charge in [-0.1, -0.05) is 25.1 Å². The van der Waals surface area contributed by atoms with E-state index in [1.807, 2.05) is 36.5 Å². The molecule has 0 spiro atoms. The van der Waals surface area contributed by atoms with Crippen molar-refractivity contribution in [1.29, 1.82) is 0 Å². The van der Waals surface area contributed by atoms with Gasteiger partial charge in [0.1, 0.15) is 0 Å². The summed E-state index contributed by atoms with van der Waals surface area (Å²) >= 11 is 0. The third-order valence-electron chi connectivity index (χ3n) is 2.93. The van der Waals surface area contributed by atoms with E-state index in [1.165, 1.54) is 0 Å². The van der Waals surface area contributed by atoms with Crippen LogP contribution in [0.15, 0.2) is 42.7 Å². The number of carboxylic acids is 1. The Morgan fingerprint density at radius 1 is 1.42 bits per heavy atom. The van der Waals surface area contributed by atoms with Crippen molar-refractivity contribution in [3.05, 3.63) is 48.3 Å². The van der Waals surface area contributed by atoms with Crippen molar-refractivity contribution in [2.75, 3.05) is 6.54 Å². The van der Waals surface area contributed by atoms with Crippen molar-refractivity contribution >= 4 is 5.97 Å². The molecule has 0 radical (unpaired) electrons. The quantitative estimate of drug-likeness (QED) is 0.828. The van der Waals surface area contributed by atoms with Crippen LogP contribution in [0.2, 0.25) is 0 Å². The molecule has 2 rings (SSSR count). The third-order valence-corrected chi connectivity index (χ3v) is 2.93. The summed E-state index contributed by atoms with van der Waals surface area (Å²) in [5, 5.41) is 16.2. The van der Waals surface area contributed by atoms with Gasteiger partial charge in [-0.15, -0.1) is 0 Å². The van der Waals surface area contributed by atoms with Gasteiger partial charge in [0.2, 0.25) is 0 Å². The van der Waals surface area contributed by atoms with Gasteiger partial charge in [-0.05, 0) is 17.7 Å². The highest BCUT2D eigenvalue weighted by Crippen LogP contribution is 2.13. The maximum Gasteiger partial charge on any atom is 0.307 e. The van der Waals surface area contributed by atoms with Crippen LogP contribution in [0.25, 0.3) is 5.69 Å². The van der Waals surface area contributed by atoms with Gasteiger partial charge in [0.05, 0.1) is 11.6 Å². The molecule has 1 aromatic heterocycles. The van der Waals surface area contributed by atoms with Crippen LogP contribution in [0.4, 0.5) is 0 Å². The van der Waals surface area contributed by atoms with Crippen LogP contribution in [0.1, 0.15) is 12.5 Å². The summed E-state index contributed by atoms with van der Waals surface area (Å²) in [4.78, 5) is 10.7. The Labute approximate surface area is 111 Å². The maximum absolute atomic E-state index is 10.7. The average molecular weight is 259 g/mol. The standard InChI is InChI=1S/C14H17N3O2/c1-11(14(18)19)9-15-10-12-5-2-3-6-13(12)17-8-4-7-16-17/h2-8,11,15H,9-10H2,1H3,(H,18,19). The lowest BCUT2D eigenvalue weighted by Crippen LogP contribution is -2.26. The lowest BCUT2D eigenvalue weighted by molar-refractivity contribution is -0.140. The molecule has 0 aliphatic carbocycles. The lowest BCUT2D eigenvalue weighted by Gasteiger charge is -2.12. The van der Waals surface area contributed by atoms with Crippen LogP contribution in [0.3, 0.4) is 0 Å². The zero-order valence-corrected chi connectivity index (χ0v) is 10.8. The molecular weight excluding hydrogens is 242 g/mol. The second-order valence-corrected chi connectivity index (χ2v) is 4.45. The first-order chi connectivity index (χ1) is 9.18. The van der Waals surface area contributed by atoms with Gasteiger partial charge in [-0.25, -0.2) is 4.68 Å². The van der Waals surface area contributed by atoms with E-state index in [4.69, 9.17) is 5.11 Å². The summed E-state index contributed by atoms with van der Waals surface area (Å²) < 4.78 is 1.80. The number of carbonyl (C=O) groups is 1. The Morgan fingerprint density at radius 3 is 2.89 bits per heavy atom. The monoisotopic (exact) mass is 259 g/mol. The fourth-order valence-corrected chi connectivity index (χ4v) is 1.81. The van der Waals surface area contributed by atoms with E-state index in [-0.39, 0.29) is 0 Å². The summed E-state index contributed by atoms with van der Waals surface area (Å²) in [6.07, 6.45) is 3.62. The minimum absolute atomic E-state index is 0.392. The zero-order valence-electron chi connectivity index (χ0n) is 10.8. The Bertz CT molecular complexity index is 537. The molecule has 1 unspecified atom stereocenters. The van der Waals surface area contributed by atoms with Gasteiger partial charge in [0, 0.05) is 25.5 Å². The molecule has 1 aromatic carbocycles. The van der Waals surface area contributed by atoms with Gasteiger partial charge in [0.25, 0.3) is 0 Å². The van der Waals surface area contributed by atoms with E-state index < -0.39 is 11.9 Å². The van der Waals surface area contributed by atoms with Crippen molar-refractivity contribution in [3.8, 4) is 5.69 Å². The average Bonchev–Trinajstić information content (AvgIpc) is 2.93. The molecule has 0 fully saturated rings. The number of aliphatic carboxylic acids is 1. The second-order valence-electron chi connectivity index (χ2n) is 4.45. The SMILES string of the molecule is CC(CNCc1ccccc1-n1cccn1)C(=O)O. The molecule has 5 nitrogen and oxygen atoms in total. The molecule has 0 saturated carbocycles. The van der Waals surface area contributed by atoms with Crippen molar-refractivity contribution in [2.45, 2.75) is 13.5 Å². The van der Waals surface area contributed by atoms with Crippen LogP contribution >= 0.6 is 0 Å². The summed E-state index contributed by atoms with van der Waals surface area (Å²) in [5.74, 6) is -1.18. The van der Waals surface area contributed by atoms with Crippen molar-refractivity contribution in [1.82, 2.24) is 15.1 Å². The number of nitrogens with one attached hydrogen (secondary N) is 1. The normalized spacial score (nSPS) is 12.3. The number of aromatic nitrogens is 2. The van der Waals surface area contributed by atoms with Crippen LogP contribution in [-0.4, -0.2) is 27.4 Å². The van der Waals surface area contributed by atoms with Crippen molar-refractivity contribution in [2.24, 2.45) is 5.92 Å². The van der Waals surface area contributed by atoms with E-state index >= 15 is 0 Å². The van der Waals surface area contributed by atoms with Crippen molar-refractivity contribution < 1.29 is 9.90 Å². The number of carboxylic acid groups (broad SMARTS) is 1. The number of hydrogen-bond acceptors (Lipinski definition) is 3. The smallest absolute Gasteiger partial charge is 0.307 e. The second kappa shape index (κ2) is 6.15. The summed E-state index contributed by atoms with van der Waals surface area (Å²) in [6, 6.07) is 9.79. The van der Waals surface area contributed by atoms with Gasteiger partial charge < -0.3 is 10.4 Å². The number of rotatable bonds is 6. The highest BCUT2D eigenvalue weighted by molar-refractivity contribution is 5.69. The molecule has 100 valence electrons. The number of para-hydroxylation sites is 1. The molecule has 0 bridgehead atoms. The fourth-order valence-electron chi connectivity index (χ4n) is 1.81. The van der Waals surface area contributed by atoms with E-state index in [0.717, 1.165) is 11.3 Å². The van der Waals surface area contributed by atoms with Crippen LogP contribution in [-0.2, 0) is 11.3 Å². The third kappa shape index (κ3) is 3.42. The van der Waals surface area contributed by atoms with E-state index in [0.29, 0.717) is 13.1 Å². The minimum Gasteiger partial charge on any atom is -0.481 e. The molecule has 2 aromatic rings. The number of hydrogen-bond donors (Lipinski definition) is 2. The Hall–Kier alpha value is -2.14. The van der Waals surface area contributed by atoms with E-state index in [9.17, 15) is 4.79 Å². The van der Waals surface area contributed by atoms with Gasteiger partial charge in [-0.2, -0.15) is 5.10 Å². The molecule has 0 saturated heterocycles. The van der Waals surface area contributed by atoms with E-state index in [1.54, 1.807) is 17.8 Å². The topological polar surface area (TPSA) is 67.2 Å². The summed E-state index contributed by atoms with van der Waals surface area (Å²) in [5.41, 5.74) is 2.09. The fraction of sp³-hybridized carbons (Fsp3) is 0.286. The zero-order chi connectivity index (χ0) is 13.7. The van der Waals surface area contributed by atoms with Crippen molar-refractivity contribution in [3.63, 3.8) is 0 Å². The van der Waals surface area contributed by atoms with Gasteiger partial charge in [0.15, 0.2) is 0 Å². The molecule has 1 atom stereocenters. The molecule has 5 heteroatoms. The Balaban J connectivity index is 2.03. The first kappa shape index (κ1) is 13.3. The Morgan fingerprint density at radius 2 is 2.21 bits per heavy atom. The van der Waals surface area contributed by atoms with Gasteiger partial charge >= 0.3 is 5.97 Å². The first-order valence-corrected chi connectivity index (χ1v) is 6.20. The molecule has 2 N–H and O–H groups in total. The number of benzene rings is 1. The lowest BCUT2D eigenvalue weighted by atomic mass is 10.1. The predicted octanol–water partition coefficient (Wildman–Crippen LogP) is 1.68. The van der Waals surface area contributed by atoms with Crippen LogP contribution in [0, 0.1) is 5.92 Å². The molecule has 0 amide bonds. The molecule has 19 heavy (non-hydrogen) atoms. The molecule has 0 aliphatic rings. The highest BCUT2D eigenvalue weighted by atomic mass is 16.4. The first-order valence-electron chi connectivity index (χ1n) is 6.20. The minimum atomic E-state index is -0.784.